The molecule has 17 heavy (non-hydrogen) atoms. The Hall–Kier alpha value is -2.30. The molecule has 0 spiro atoms. The van der Waals surface area contributed by atoms with Gasteiger partial charge in [0.15, 0.2) is 0 Å². The molecule has 86 valence electrons. The molecule has 2 aromatic heterocycles. The summed E-state index contributed by atoms with van der Waals surface area (Å²) in [5, 5.41) is 9.55. The van der Waals surface area contributed by atoms with Crippen LogP contribution in [0.2, 0.25) is 0 Å². The number of rotatable bonds is 1. The number of nitrogens with two attached hydrogens (primary N) is 1. The number of benzene rings is 1. The minimum absolute atomic E-state index is 0.665. The number of hydrogen-bond acceptors (Lipinski definition) is 3. The molecule has 0 aliphatic heterocycles. The Bertz CT molecular complexity index is 692. The Balaban J connectivity index is 2.37. The van der Waals surface area contributed by atoms with Crippen LogP contribution in [0.4, 0.5) is 5.82 Å². The highest BCUT2D eigenvalue weighted by Gasteiger charge is 2.12. The second kappa shape index (κ2) is 3.35. The molecule has 0 atom stereocenters. The lowest BCUT2D eigenvalue weighted by Crippen LogP contribution is -1.98. The smallest absolute Gasteiger partial charge is 0.129 e. The van der Waals surface area contributed by atoms with Crippen molar-refractivity contribution >= 4 is 16.7 Å². The van der Waals surface area contributed by atoms with Crippen molar-refractivity contribution in [2.45, 2.75) is 0 Å². The van der Waals surface area contributed by atoms with Gasteiger partial charge in [-0.1, -0.05) is 18.2 Å². The monoisotopic (exact) mass is 227 g/mol. The maximum Gasteiger partial charge on any atom is 0.129 e. The van der Waals surface area contributed by atoms with E-state index in [0.717, 1.165) is 22.0 Å². The van der Waals surface area contributed by atoms with E-state index in [4.69, 9.17) is 5.73 Å². The van der Waals surface area contributed by atoms with Gasteiger partial charge in [0, 0.05) is 30.6 Å². The van der Waals surface area contributed by atoms with E-state index in [1.165, 1.54) is 0 Å². The highest BCUT2D eigenvalue weighted by Crippen LogP contribution is 2.31. The van der Waals surface area contributed by atoms with E-state index >= 15 is 0 Å². The summed E-state index contributed by atoms with van der Waals surface area (Å²) in [5.41, 5.74) is 9.10. The molecule has 0 amide bonds. The Labute approximate surface area is 98.5 Å². The van der Waals surface area contributed by atoms with Gasteiger partial charge in [0.05, 0.1) is 17.9 Å². The predicted octanol–water partition coefficient (Wildman–Crippen LogP) is 1.56. The summed E-state index contributed by atoms with van der Waals surface area (Å²) in [7, 11) is 3.76. The molecule has 1 aromatic carbocycles. The standard InChI is InChI=1S/C12H13N5/c1-16-11-8(6-14-16)4-3-5-9(11)10-7-15-17(2)12(10)13/h3-7H,13H2,1-2H3. The van der Waals surface area contributed by atoms with E-state index in [0.29, 0.717) is 5.82 Å². The molecule has 5 nitrogen and oxygen atoms in total. The van der Waals surface area contributed by atoms with Crippen molar-refractivity contribution in [2.75, 3.05) is 5.73 Å². The first-order chi connectivity index (χ1) is 8.18. The minimum Gasteiger partial charge on any atom is -0.383 e. The number of para-hydroxylation sites is 1. The summed E-state index contributed by atoms with van der Waals surface area (Å²) in [6, 6.07) is 6.08. The molecule has 3 rings (SSSR count). The maximum atomic E-state index is 6.02. The number of hydrogen-bond donors (Lipinski definition) is 1. The van der Waals surface area contributed by atoms with E-state index in [1.807, 2.05) is 43.2 Å². The lowest BCUT2D eigenvalue weighted by molar-refractivity contribution is 0.779. The molecule has 2 N–H and O–H groups in total. The fourth-order valence-electron chi connectivity index (χ4n) is 2.11. The Kier molecular flexibility index (Phi) is 1.95. The predicted molar refractivity (Wildman–Crippen MR) is 67.3 cm³/mol. The highest BCUT2D eigenvalue weighted by molar-refractivity contribution is 5.96. The maximum absolute atomic E-state index is 6.02. The van der Waals surface area contributed by atoms with Gasteiger partial charge in [0.25, 0.3) is 0 Å². The van der Waals surface area contributed by atoms with Crippen LogP contribution in [0, 0.1) is 0 Å². The largest absolute Gasteiger partial charge is 0.383 e. The number of fused-ring (bicyclic) bond motifs is 1. The summed E-state index contributed by atoms with van der Waals surface area (Å²) < 4.78 is 3.53. The molecule has 0 saturated heterocycles. The fraction of sp³-hybridized carbons (Fsp3) is 0.167. The third-order valence-corrected chi connectivity index (χ3v) is 3.04. The van der Waals surface area contributed by atoms with Gasteiger partial charge in [-0.3, -0.25) is 9.36 Å². The van der Waals surface area contributed by atoms with Gasteiger partial charge in [-0.2, -0.15) is 10.2 Å². The summed E-state index contributed by atoms with van der Waals surface area (Å²) >= 11 is 0. The van der Waals surface area contributed by atoms with Gasteiger partial charge in [-0.25, -0.2) is 0 Å². The number of nitrogen functional groups attached to an aromatic ring is 1. The molecular weight excluding hydrogens is 214 g/mol. The van der Waals surface area contributed by atoms with Crippen molar-refractivity contribution in [1.82, 2.24) is 19.6 Å². The van der Waals surface area contributed by atoms with Gasteiger partial charge in [0.2, 0.25) is 0 Å². The Morgan fingerprint density at radius 2 is 1.76 bits per heavy atom. The summed E-state index contributed by atoms with van der Waals surface area (Å²) in [5.74, 6) is 0.665. The summed E-state index contributed by atoms with van der Waals surface area (Å²) in [6.45, 7) is 0. The van der Waals surface area contributed by atoms with Crippen LogP contribution in [-0.2, 0) is 14.1 Å². The average molecular weight is 227 g/mol. The van der Waals surface area contributed by atoms with Crippen LogP contribution in [0.5, 0.6) is 0 Å². The van der Waals surface area contributed by atoms with Crippen molar-refractivity contribution in [3.8, 4) is 11.1 Å². The van der Waals surface area contributed by atoms with Gasteiger partial charge in [0.1, 0.15) is 5.82 Å². The van der Waals surface area contributed by atoms with Crippen molar-refractivity contribution in [3.05, 3.63) is 30.6 Å². The molecule has 0 unspecified atom stereocenters. The molecule has 0 saturated carbocycles. The van der Waals surface area contributed by atoms with E-state index in [1.54, 1.807) is 10.9 Å². The molecule has 0 aliphatic rings. The third-order valence-electron chi connectivity index (χ3n) is 3.04. The van der Waals surface area contributed by atoms with Crippen LogP contribution in [0.15, 0.2) is 30.6 Å². The molecule has 0 radical (unpaired) electrons. The zero-order valence-corrected chi connectivity index (χ0v) is 9.75. The highest BCUT2D eigenvalue weighted by atomic mass is 15.3. The zero-order valence-electron chi connectivity index (χ0n) is 9.75. The van der Waals surface area contributed by atoms with Gasteiger partial charge >= 0.3 is 0 Å². The molecule has 5 heteroatoms. The van der Waals surface area contributed by atoms with Crippen LogP contribution < -0.4 is 5.73 Å². The van der Waals surface area contributed by atoms with Crippen molar-refractivity contribution in [2.24, 2.45) is 14.1 Å². The lowest BCUT2D eigenvalue weighted by atomic mass is 10.1. The number of aromatic nitrogens is 4. The molecular formula is C12H13N5. The van der Waals surface area contributed by atoms with Crippen LogP contribution >= 0.6 is 0 Å². The minimum atomic E-state index is 0.665. The quantitative estimate of drug-likeness (QED) is 0.686. The topological polar surface area (TPSA) is 61.7 Å². The second-order valence-corrected chi connectivity index (χ2v) is 4.08. The molecule has 0 bridgehead atoms. The van der Waals surface area contributed by atoms with Crippen molar-refractivity contribution in [3.63, 3.8) is 0 Å². The van der Waals surface area contributed by atoms with Crippen molar-refractivity contribution < 1.29 is 0 Å². The number of anilines is 1. The van der Waals surface area contributed by atoms with Gasteiger partial charge in [-0.05, 0) is 0 Å². The van der Waals surface area contributed by atoms with Gasteiger partial charge in [-0.15, -0.1) is 0 Å². The fourth-order valence-corrected chi connectivity index (χ4v) is 2.11. The van der Waals surface area contributed by atoms with Crippen molar-refractivity contribution in [1.29, 1.82) is 0 Å². The normalized spacial score (nSPS) is 11.2. The second-order valence-electron chi connectivity index (χ2n) is 4.08. The molecule has 3 aromatic rings. The number of nitrogens with zero attached hydrogens (tertiary/aromatic N) is 4. The van der Waals surface area contributed by atoms with E-state index in [2.05, 4.69) is 10.2 Å². The zero-order chi connectivity index (χ0) is 12.0. The Morgan fingerprint density at radius 3 is 2.47 bits per heavy atom. The first kappa shape index (κ1) is 9.89. The van der Waals surface area contributed by atoms with Crippen LogP contribution in [0.1, 0.15) is 0 Å². The SMILES string of the molecule is Cn1ncc(-c2cccc3cnn(C)c23)c1N. The third kappa shape index (κ3) is 1.32. The molecule has 0 fully saturated rings. The number of aryl methyl sites for hydroxylation is 2. The Morgan fingerprint density at radius 1 is 1.00 bits per heavy atom. The first-order valence-corrected chi connectivity index (χ1v) is 5.37. The average Bonchev–Trinajstić information content (AvgIpc) is 2.86. The van der Waals surface area contributed by atoms with E-state index < -0.39 is 0 Å². The lowest BCUT2D eigenvalue weighted by Gasteiger charge is -2.04. The van der Waals surface area contributed by atoms with Crippen LogP contribution in [-0.4, -0.2) is 19.6 Å². The van der Waals surface area contributed by atoms with Crippen LogP contribution in [0.3, 0.4) is 0 Å². The van der Waals surface area contributed by atoms with E-state index in [-0.39, 0.29) is 0 Å². The van der Waals surface area contributed by atoms with Gasteiger partial charge < -0.3 is 5.73 Å². The van der Waals surface area contributed by atoms with E-state index in [9.17, 15) is 0 Å². The molecule has 2 heterocycles. The molecule has 0 aliphatic carbocycles. The first-order valence-electron chi connectivity index (χ1n) is 5.37. The summed E-state index contributed by atoms with van der Waals surface area (Å²) in [4.78, 5) is 0. The summed E-state index contributed by atoms with van der Waals surface area (Å²) in [6.07, 6.45) is 3.64. The van der Waals surface area contributed by atoms with Crippen LogP contribution in [0.25, 0.3) is 22.0 Å².